The van der Waals surface area contributed by atoms with Crippen molar-refractivity contribution in [1.29, 1.82) is 0 Å². The van der Waals surface area contributed by atoms with E-state index in [1.807, 2.05) is 37.3 Å². The van der Waals surface area contributed by atoms with Crippen LogP contribution >= 0.6 is 0 Å². The number of halogens is 3. The van der Waals surface area contributed by atoms with Gasteiger partial charge in [-0.05, 0) is 37.2 Å². The van der Waals surface area contributed by atoms with Crippen LogP contribution in [0, 0.1) is 0 Å². The van der Waals surface area contributed by atoms with Crippen LogP contribution in [0.25, 0.3) is 0 Å². The third-order valence-corrected chi connectivity index (χ3v) is 4.19. The zero-order chi connectivity index (χ0) is 15.0. The van der Waals surface area contributed by atoms with Gasteiger partial charge < -0.3 is 5.32 Å². The highest BCUT2D eigenvalue weighted by Crippen LogP contribution is 2.49. The van der Waals surface area contributed by atoms with E-state index in [0.29, 0.717) is 6.42 Å². The molecule has 112 valence electrons. The molecule has 1 saturated carbocycles. The molecule has 0 heterocycles. The van der Waals surface area contributed by atoms with Gasteiger partial charge in [-0.3, -0.25) is 0 Å². The van der Waals surface area contributed by atoms with E-state index in [1.54, 1.807) is 0 Å². The van der Waals surface area contributed by atoms with Gasteiger partial charge in [-0.1, -0.05) is 44.2 Å². The number of hydrogen-bond donors (Lipinski definition) is 1. The zero-order valence-corrected chi connectivity index (χ0v) is 12.2. The molecule has 0 aliphatic heterocycles. The molecule has 0 bridgehead atoms. The molecular formula is C16H22F3N. The fraction of sp³-hybridized carbons (Fsp3) is 0.625. The van der Waals surface area contributed by atoms with Gasteiger partial charge in [-0.15, -0.1) is 0 Å². The monoisotopic (exact) mass is 285 g/mol. The van der Waals surface area contributed by atoms with Crippen molar-refractivity contribution in [3.63, 3.8) is 0 Å². The van der Waals surface area contributed by atoms with Gasteiger partial charge in [0.05, 0.1) is 0 Å². The molecule has 4 heteroatoms. The normalized spacial score (nSPS) is 19.7. The average molecular weight is 285 g/mol. The van der Waals surface area contributed by atoms with Crippen molar-refractivity contribution in [3.05, 3.63) is 35.9 Å². The van der Waals surface area contributed by atoms with E-state index in [1.165, 1.54) is 0 Å². The summed E-state index contributed by atoms with van der Waals surface area (Å²) in [5.41, 5.74) is -0.611. The van der Waals surface area contributed by atoms with Crippen molar-refractivity contribution < 1.29 is 13.2 Å². The van der Waals surface area contributed by atoms with Crippen LogP contribution in [-0.2, 0) is 5.41 Å². The van der Waals surface area contributed by atoms with E-state index in [0.717, 1.165) is 5.56 Å². The Morgan fingerprint density at radius 1 is 1.15 bits per heavy atom. The summed E-state index contributed by atoms with van der Waals surface area (Å²) < 4.78 is 38.8. The Bertz CT molecular complexity index is 447. The maximum atomic E-state index is 12.9. The summed E-state index contributed by atoms with van der Waals surface area (Å²) in [6.45, 7) is 6.00. The third kappa shape index (κ3) is 3.17. The molecule has 1 unspecified atom stereocenters. The van der Waals surface area contributed by atoms with Crippen molar-refractivity contribution in [1.82, 2.24) is 5.32 Å². The van der Waals surface area contributed by atoms with Gasteiger partial charge in [0.15, 0.2) is 0 Å². The molecule has 1 nitrogen and oxygen atoms in total. The molecule has 20 heavy (non-hydrogen) atoms. The Balaban J connectivity index is 2.00. The maximum absolute atomic E-state index is 12.9. The Hall–Kier alpha value is -1.03. The number of benzene rings is 1. The van der Waals surface area contributed by atoms with Gasteiger partial charge in [0.1, 0.15) is 5.54 Å². The van der Waals surface area contributed by atoms with Crippen LogP contribution in [-0.4, -0.2) is 17.8 Å². The quantitative estimate of drug-likeness (QED) is 0.844. The van der Waals surface area contributed by atoms with Crippen LogP contribution in [0.2, 0.25) is 0 Å². The Morgan fingerprint density at radius 2 is 1.70 bits per heavy atom. The minimum atomic E-state index is -4.14. The van der Waals surface area contributed by atoms with Gasteiger partial charge in [-0.2, -0.15) is 13.2 Å². The molecule has 0 spiro atoms. The zero-order valence-electron chi connectivity index (χ0n) is 12.2. The first-order chi connectivity index (χ1) is 9.16. The van der Waals surface area contributed by atoms with Gasteiger partial charge in [0.25, 0.3) is 0 Å². The third-order valence-electron chi connectivity index (χ3n) is 4.19. The lowest BCUT2D eigenvalue weighted by atomic mass is 9.79. The molecular weight excluding hydrogens is 263 g/mol. The summed E-state index contributed by atoms with van der Waals surface area (Å²) in [7, 11) is 0. The molecule has 1 N–H and O–H groups in total. The minimum absolute atomic E-state index is 0.143. The standard InChI is InChI=1S/C16H22F3N/c1-12(20-15(9-10-15)16(17,18)19)11-14(2,3)13-7-5-4-6-8-13/h4-8,12,20H,9-11H2,1-3H3. The second-order valence-corrected chi connectivity index (χ2v) is 6.58. The predicted octanol–water partition coefficient (Wildman–Crippen LogP) is 4.43. The molecule has 2 rings (SSSR count). The molecule has 1 fully saturated rings. The van der Waals surface area contributed by atoms with Crippen LogP contribution in [0.5, 0.6) is 0 Å². The summed E-state index contributed by atoms with van der Waals surface area (Å²) in [4.78, 5) is 0. The fourth-order valence-electron chi connectivity index (χ4n) is 2.93. The first-order valence-electron chi connectivity index (χ1n) is 7.06. The van der Waals surface area contributed by atoms with Gasteiger partial charge in [-0.25, -0.2) is 0 Å². The first-order valence-corrected chi connectivity index (χ1v) is 7.06. The van der Waals surface area contributed by atoms with E-state index < -0.39 is 11.7 Å². The van der Waals surface area contributed by atoms with Gasteiger partial charge >= 0.3 is 6.18 Å². The number of alkyl halides is 3. The van der Waals surface area contributed by atoms with Crippen LogP contribution in [0.3, 0.4) is 0 Å². The van der Waals surface area contributed by atoms with E-state index in [9.17, 15) is 13.2 Å². The SMILES string of the molecule is CC(CC(C)(C)c1ccccc1)NC1(C(F)(F)F)CC1. The summed E-state index contributed by atoms with van der Waals surface area (Å²) in [6, 6.07) is 9.77. The maximum Gasteiger partial charge on any atom is 0.406 e. The van der Waals surface area contributed by atoms with Crippen LogP contribution in [0.4, 0.5) is 13.2 Å². The van der Waals surface area contributed by atoms with Crippen LogP contribution < -0.4 is 5.32 Å². The van der Waals surface area contributed by atoms with Gasteiger partial charge in [0.2, 0.25) is 0 Å². The number of hydrogen-bond acceptors (Lipinski definition) is 1. The Kier molecular flexibility index (Phi) is 3.89. The molecule has 1 aliphatic rings. The highest BCUT2D eigenvalue weighted by molar-refractivity contribution is 5.24. The summed E-state index contributed by atoms with van der Waals surface area (Å²) in [5, 5.41) is 2.81. The smallest absolute Gasteiger partial charge is 0.301 e. The average Bonchev–Trinajstić information content (AvgIpc) is 3.09. The van der Waals surface area contributed by atoms with Crippen molar-refractivity contribution in [2.75, 3.05) is 0 Å². The Morgan fingerprint density at radius 3 is 2.15 bits per heavy atom. The van der Waals surface area contributed by atoms with Crippen molar-refractivity contribution in [3.8, 4) is 0 Å². The lowest BCUT2D eigenvalue weighted by Crippen LogP contribution is -2.50. The van der Waals surface area contributed by atoms with Crippen molar-refractivity contribution in [2.24, 2.45) is 0 Å². The van der Waals surface area contributed by atoms with E-state index in [2.05, 4.69) is 19.2 Å². The Labute approximate surface area is 118 Å². The van der Waals surface area contributed by atoms with Gasteiger partial charge in [0, 0.05) is 6.04 Å². The fourth-order valence-corrected chi connectivity index (χ4v) is 2.93. The highest BCUT2D eigenvalue weighted by atomic mass is 19.4. The van der Waals surface area contributed by atoms with Crippen molar-refractivity contribution in [2.45, 2.75) is 63.2 Å². The molecule has 0 radical (unpaired) electrons. The van der Waals surface area contributed by atoms with Crippen LogP contribution in [0.15, 0.2) is 30.3 Å². The van der Waals surface area contributed by atoms with E-state index >= 15 is 0 Å². The lowest BCUT2D eigenvalue weighted by Gasteiger charge is -2.32. The van der Waals surface area contributed by atoms with Crippen molar-refractivity contribution >= 4 is 0 Å². The molecule has 0 saturated heterocycles. The van der Waals surface area contributed by atoms with Crippen LogP contribution in [0.1, 0.15) is 45.6 Å². The number of rotatable bonds is 5. The molecule has 1 aromatic rings. The second-order valence-electron chi connectivity index (χ2n) is 6.58. The number of nitrogens with one attached hydrogen (secondary N) is 1. The molecule has 1 atom stereocenters. The molecule has 1 aliphatic carbocycles. The summed E-state index contributed by atoms with van der Waals surface area (Å²) >= 11 is 0. The molecule has 0 aromatic heterocycles. The highest BCUT2D eigenvalue weighted by Gasteiger charge is 2.63. The largest absolute Gasteiger partial charge is 0.406 e. The second kappa shape index (κ2) is 5.06. The minimum Gasteiger partial charge on any atom is -0.301 e. The van der Waals surface area contributed by atoms with E-state index in [4.69, 9.17) is 0 Å². The summed E-state index contributed by atoms with van der Waals surface area (Å²) in [5.74, 6) is 0. The van der Waals surface area contributed by atoms with E-state index in [-0.39, 0.29) is 24.3 Å². The lowest BCUT2D eigenvalue weighted by molar-refractivity contribution is -0.167. The first kappa shape index (κ1) is 15.4. The summed E-state index contributed by atoms with van der Waals surface area (Å²) in [6.07, 6.45) is -3.06. The predicted molar refractivity (Wildman–Crippen MR) is 74.7 cm³/mol. The molecule has 1 aromatic carbocycles. The molecule has 0 amide bonds. The topological polar surface area (TPSA) is 12.0 Å².